The van der Waals surface area contributed by atoms with Crippen molar-refractivity contribution in [1.82, 2.24) is 25.4 Å². The van der Waals surface area contributed by atoms with Gasteiger partial charge in [-0.25, -0.2) is 0 Å². The third-order valence-corrected chi connectivity index (χ3v) is 3.90. The topological polar surface area (TPSA) is 102 Å². The standard InChI is InChI=1S/C18H21N7O/c1-13-10-16(24-23-13)22-17-6-5-14(11-19)18(25(17)2)21-8-9-26-15-4-3-7-20-12-15/h3-7,10,12,17,21H,8-9H2,1-2H3,(H2,22,23,24). The molecule has 0 saturated carbocycles. The maximum Gasteiger partial charge on any atom is 0.137 e. The molecule has 3 N–H and O–H groups in total. The highest BCUT2D eigenvalue weighted by molar-refractivity contribution is 5.44. The molecule has 1 aliphatic rings. The Balaban J connectivity index is 1.59. The van der Waals surface area contributed by atoms with Crippen LogP contribution in [0.2, 0.25) is 0 Å². The van der Waals surface area contributed by atoms with Gasteiger partial charge < -0.3 is 20.3 Å². The van der Waals surface area contributed by atoms with Crippen LogP contribution >= 0.6 is 0 Å². The lowest BCUT2D eigenvalue weighted by Gasteiger charge is -2.34. The Morgan fingerprint density at radius 1 is 1.46 bits per heavy atom. The van der Waals surface area contributed by atoms with E-state index in [2.05, 4.69) is 31.9 Å². The number of hydrogen-bond donors (Lipinski definition) is 3. The Morgan fingerprint density at radius 2 is 2.35 bits per heavy atom. The molecule has 0 aromatic carbocycles. The summed E-state index contributed by atoms with van der Waals surface area (Å²) in [6, 6.07) is 7.83. The van der Waals surface area contributed by atoms with Gasteiger partial charge in [-0.3, -0.25) is 10.1 Å². The third kappa shape index (κ3) is 4.13. The molecule has 8 heteroatoms. The van der Waals surface area contributed by atoms with Crippen LogP contribution in [0.1, 0.15) is 5.69 Å². The molecule has 1 aliphatic heterocycles. The molecule has 0 fully saturated rings. The number of H-pyrrole nitrogens is 1. The highest BCUT2D eigenvalue weighted by atomic mass is 16.5. The number of nitriles is 1. The largest absolute Gasteiger partial charge is 0.490 e. The number of nitrogens with one attached hydrogen (secondary N) is 3. The van der Waals surface area contributed by atoms with Gasteiger partial charge in [0.15, 0.2) is 0 Å². The van der Waals surface area contributed by atoms with Gasteiger partial charge in [0.05, 0.1) is 24.0 Å². The van der Waals surface area contributed by atoms with Crippen molar-refractivity contribution in [2.45, 2.75) is 13.1 Å². The highest BCUT2D eigenvalue weighted by Crippen LogP contribution is 2.19. The molecule has 0 radical (unpaired) electrons. The molecular formula is C18H21N7O. The fourth-order valence-corrected chi connectivity index (χ4v) is 2.61. The summed E-state index contributed by atoms with van der Waals surface area (Å²) in [7, 11) is 1.92. The molecule has 3 heterocycles. The van der Waals surface area contributed by atoms with Gasteiger partial charge in [-0.05, 0) is 31.2 Å². The normalized spacial score (nSPS) is 16.3. The van der Waals surface area contributed by atoms with Gasteiger partial charge >= 0.3 is 0 Å². The summed E-state index contributed by atoms with van der Waals surface area (Å²) in [5.74, 6) is 2.29. The zero-order chi connectivity index (χ0) is 18.4. The lowest BCUT2D eigenvalue weighted by Crippen LogP contribution is -2.43. The fourth-order valence-electron chi connectivity index (χ4n) is 2.61. The van der Waals surface area contributed by atoms with E-state index in [9.17, 15) is 5.26 Å². The summed E-state index contributed by atoms with van der Waals surface area (Å²) in [4.78, 5) is 5.98. The van der Waals surface area contributed by atoms with Crippen molar-refractivity contribution >= 4 is 5.82 Å². The number of ether oxygens (including phenoxy) is 1. The second-order valence-corrected chi connectivity index (χ2v) is 5.82. The number of likely N-dealkylation sites (N-methyl/N-ethyl adjacent to an activating group) is 1. The number of aromatic amines is 1. The van der Waals surface area contributed by atoms with Crippen LogP contribution < -0.4 is 15.4 Å². The number of allylic oxidation sites excluding steroid dienone is 2. The second kappa shape index (κ2) is 8.07. The van der Waals surface area contributed by atoms with Crippen LogP contribution in [0.5, 0.6) is 5.75 Å². The summed E-state index contributed by atoms with van der Waals surface area (Å²) in [6.07, 6.45) is 7.01. The Labute approximate surface area is 152 Å². The molecule has 8 nitrogen and oxygen atoms in total. The molecule has 0 spiro atoms. The molecule has 2 aromatic rings. The number of anilines is 1. The van der Waals surface area contributed by atoms with Crippen molar-refractivity contribution in [3.63, 3.8) is 0 Å². The van der Waals surface area contributed by atoms with E-state index in [4.69, 9.17) is 4.74 Å². The molecule has 0 amide bonds. The van der Waals surface area contributed by atoms with E-state index in [1.54, 1.807) is 12.4 Å². The molecular weight excluding hydrogens is 330 g/mol. The Morgan fingerprint density at radius 3 is 3.04 bits per heavy atom. The molecule has 0 aliphatic carbocycles. The van der Waals surface area contributed by atoms with Gasteiger partial charge in [-0.1, -0.05) is 0 Å². The van der Waals surface area contributed by atoms with Crippen LogP contribution in [0.3, 0.4) is 0 Å². The molecule has 1 atom stereocenters. The van der Waals surface area contributed by atoms with Crippen LogP contribution in [-0.4, -0.2) is 46.4 Å². The van der Waals surface area contributed by atoms with E-state index in [1.165, 1.54) is 0 Å². The summed E-state index contributed by atoms with van der Waals surface area (Å²) in [6.45, 7) is 2.94. The van der Waals surface area contributed by atoms with E-state index >= 15 is 0 Å². The first kappa shape index (κ1) is 17.4. The second-order valence-electron chi connectivity index (χ2n) is 5.82. The van der Waals surface area contributed by atoms with E-state index in [1.807, 2.05) is 49.2 Å². The van der Waals surface area contributed by atoms with E-state index in [0.717, 1.165) is 23.1 Å². The van der Waals surface area contributed by atoms with Gasteiger partial charge in [0, 0.05) is 19.3 Å². The quantitative estimate of drug-likeness (QED) is 0.653. The average Bonchev–Trinajstić information content (AvgIpc) is 3.07. The van der Waals surface area contributed by atoms with Crippen molar-refractivity contribution in [3.05, 3.63) is 59.8 Å². The number of nitrogens with zero attached hydrogens (tertiary/aromatic N) is 4. The Hall–Kier alpha value is -3.47. The lowest BCUT2D eigenvalue weighted by atomic mass is 10.1. The number of aryl methyl sites for hydroxylation is 1. The van der Waals surface area contributed by atoms with Crippen LogP contribution in [0.25, 0.3) is 0 Å². The fraction of sp³-hybridized carbons (Fsp3) is 0.278. The molecule has 1 unspecified atom stereocenters. The first-order valence-corrected chi connectivity index (χ1v) is 8.28. The highest BCUT2D eigenvalue weighted by Gasteiger charge is 2.22. The van der Waals surface area contributed by atoms with Crippen molar-refractivity contribution in [3.8, 4) is 11.8 Å². The van der Waals surface area contributed by atoms with Crippen molar-refractivity contribution < 1.29 is 4.74 Å². The zero-order valence-electron chi connectivity index (χ0n) is 14.7. The predicted octanol–water partition coefficient (Wildman–Crippen LogP) is 1.76. The minimum Gasteiger partial charge on any atom is -0.490 e. The number of rotatable bonds is 7. The Kier molecular flexibility index (Phi) is 5.39. The molecule has 26 heavy (non-hydrogen) atoms. The van der Waals surface area contributed by atoms with Gasteiger partial charge in [0.1, 0.15) is 36.2 Å². The van der Waals surface area contributed by atoms with Crippen LogP contribution in [0.15, 0.2) is 54.1 Å². The van der Waals surface area contributed by atoms with Crippen molar-refractivity contribution in [1.29, 1.82) is 5.26 Å². The monoisotopic (exact) mass is 351 g/mol. The third-order valence-electron chi connectivity index (χ3n) is 3.90. The number of aromatic nitrogens is 3. The number of hydrogen-bond acceptors (Lipinski definition) is 7. The van der Waals surface area contributed by atoms with E-state index in [-0.39, 0.29) is 6.17 Å². The van der Waals surface area contributed by atoms with Crippen LogP contribution in [-0.2, 0) is 0 Å². The lowest BCUT2D eigenvalue weighted by molar-refractivity contribution is 0.295. The SMILES string of the molecule is Cc1cc(NC2C=CC(C#N)=C(NCCOc3cccnc3)N2C)[nH]n1. The molecule has 0 bridgehead atoms. The zero-order valence-corrected chi connectivity index (χ0v) is 14.7. The first-order chi connectivity index (χ1) is 12.7. The molecule has 134 valence electrons. The maximum atomic E-state index is 9.39. The minimum absolute atomic E-state index is 0.103. The van der Waals surface area contributed by atoms with Gasteiger partial charge in [-0.2, -0.15) is 10.4 Å². The maximum absolute atomic E-state index is 9.39. The molecule has 0 saturated heterocycles. The summed E-state index contributed by atoms with van der Waals surface area (Å²) in [5.41, 5.74) is 1.49. The smallest absolute Gasteiger partial charge is 0.137 e. The summed E-state index contributed by atoms with van der Waals surface area (Å²) in [5, 5.41) is 23.1. The minimum atomic E-state index is -0.103. The van der Waals surface area contributed by atoms with Gasteiger partial charge in [-0.15, -0.1) is 0 Å². The van der Waals surface area contributed by atoms with Crippen molar-refractivity contribution in [2.75, 3.05) is 25.5 Å². The van der Waals surface area contributed by atoms with Crippen LogP contribution in [0, 0.1) is 18.3 Å². The van der Waals surface area contributed by atoms with Gasteiger partial charge in [0.25, 0.3) is 0 Å². The summed E-state index contributed by atoms with van der Waals surface area (Å²) < 4.78 is 5.63. The van der Waals surface area contributed by atoms with Gasteiger partial charge in [0.2, 0.25) is 0 Å². The van der Waals surface area contributed by atoms with Crippen LogP contribution in [0.4, 0.5) is 5.82 Å². The molecule has 3 rings (SSSR count). The first-order valence-electron chi connectivity index (χ1n) is 8.28. The molecule has 2 aromatic heterocycles. The average molecular weight is 351 g/mol. The Bertz CT molecular complexity index is 835. The predicted molar refractivity (Wildman–Crippen MR) is 98.0 cm³/mol. The van der Waals surface area contributed by atoms with Crippen molar-refractivity contribution in [2.24, 2.45) is 0 Å². The summed E-state index contributed by atoms with van der Waals surface area (Å²) >= 11 is 0. The number of pyridine rings is 1. The van der Waals surface area contributed by atoms with E-state index in [0.29, 0.717) is 18.7 Å². The van der Waals surface area contributed by atoms with E-state index < -0.39 is 0 Å².